The molecule has 0 radical (unpaired) electrons. The molecule has 1 heterocycles. The lowest BCUT2D eigenvalue weighted by Gasteiger charge is -2.38. The summed E-state index contributed by atoms with van der Waals surface area (Å²) in [6.07, 6.45) is 3.56. The van der Waals surface area contributed by atoms with Crippen molar-refractivity contribution in [3.63, 3.8) is 0 Å². The van der Waals surface area contributed by atoms with Gasteiger partial charge >= 0.3 is 0 Å². The first-order chi connectivity index (χ1) is 9.15. The molecule has 0 bridgehead atoms. The Labute approximate surface area is 113 Å². The van der Waals surface area contributed by atoms with Crippen molar-refractivity contribution in [2.75, 3.05) is 19.6 Å². The second-order valence-electron chi connectivity index (χ2n) is 5.34. The van der Waals surface area contributed by atoms with Crippen LogP contribution in [0.25, 0.3) is 0 Å². The van der Waals surface area contributed by atoms with Crippen molar-refractivity contribution in [3.05, 3.63) is 35.4 Å². The number of nitrogens with zero attached hydrogens (tertiary/aromatic N) is 1. The average Bonchev–Trinajstić information content (AvgIpc) is 2.44. The van der Waals surface area contributed by atoms with Crippen molar-refractivity contribution < 1.29 is 8.78 Å². The molecule has 0 spiro atoms. The largest absolute Gasteiger partial charge is 0.329 e. The van der Waals surface area contributed by atoms with Gasteiger partial charge in [-0.25, -0.2) is 8.78 Å². The van der Waals surface area contributed by atoms with E-state index in [4.69, 9.17) is 5.73 Å². The first-order valence-electron chi connectivity index (χ1n) is 7.04. The molecule has 2 N–H and O–H groups in total. The molecule has 1 aromatic carbocycles. The summed E-state index contributed by atoms with van der Waals surface area (Å²) in [7, 11) is 0. The summed E-state index contributed by atoms with van der Waals surface area (Å²) < 4.78 is 26.4. The molecule has 106 valence electrons. The molecule has 2 unspecified atom stereocenters. The lowest BCUT2D eigenvalue weighted by molar-refractivity contribution is 0.124. The molecule has 19 heavy (non-hydrogen) atoms. The van der Waals surface area contributed by atoms with E-state index < -0.39 is 11.6 Å². The van der Waals surface area contributed by atoms with E-state index >= 15 is 0 Å². The first kappa shape index (κ1) is 14.4. The summed E-state index contributed by atoms with van der Waals surface area (Å²) in [5, 5.41) is 0. The van der Waals surface area contributed by atoms with Gasteiger partial charge in [0.2, 0.25) is 0 Å². The molecule has 1 aliphatic rings. The van der Waals surface area contributed by atoms with E-state index in [1.807, 2.05) is 0 Å². The van der Waals surface area contributed by atoms with E-state index in [2.05, 4.69) is 11.8 Å². The van der Waals surface area contributed by atoms with Gasteiger partial charge in [0.05, 0.1) is 0 Å². The minimum absolute atomic E-state index is 0.00977. The Hall–Kier alpha value is -1.00. The molecule has 1 saturated heterocycles. The molecular weight excluding hydrogens is 246 g/mol. The highest BCUT2D eigenvalue weighted by Crippen LogP contribution is 2.28. The maximum atomic E-state index is 13.4. The van der Waals surface area contributed by atoms with Crippen LogP contribution < -0.4 is 5.73 Å². The molecule has 0 aliphatic carbocycles. The zero-order chi connectivity index (χ0) is 13.8. The number of piperidine rings is 1. The Morgan fingerprint density at radius 3 is 2.79 bits per heavy atom. The van der Waals surface area contributed by atoms with Gasteiger partial charge in [0.25, 0.3) is 0 Å². The van der Waals surface area contributed by atoms with Gasteiger partial charge in [0.1, 0.15) is 0 Å². The van der Waals surface area contributed by atoms with Crippen LogP contribution in [0.5, 0.6) is 0 Å². The Morgan fingerprint density at radius 2 is 2.16 bits per heavy atom. The van der Waals surface area contributed by atoms with Gasteiger partial charge in [-0.15, -0.1) is 0 Å². The molecule has 0 amide bonds. The van der Waals surface area contributed by atoms with Crippen molar-refractivity contribution in [2.45, 2.75) is 32.2 Å². The van der Waals surface area contributed by atoms with E-state index in [0.717, 1.165) is 31.5 Å². The van der Waals surface area contributed by atoms with Crippen molar-refractivity contribution in [1.29, 1.82) is 0 Å². The predicted octanol–water partition coefficient (Wildman–Crippen LogP) is 3.09. The number of rotatable bonds is 4. The standard InChI is InChI=1S/C15H22F2N2/c1-2-11-4-3-7-19(10-11)15(9-18)12-5-6-13(16)14(17)8-12/h5-6,8,11,15H,2-4,7,9-10,18H2,1H3. The van der Waals surface area contributed by atoms with Gasteiger partial charge in [0.15, 0.2) is 11.6 Å². The van der Waals surface area contributed by atoms with E-state index in [0.29, 0.717) is 12.5 Å². The second kappa shape index (κ2) is 6.44. The Kier molecular flexibility index (Phi) is 4.88. The van der Waals surface area contributed by atoms with E-state index in [1.165, 1.54) is 18.6 Å². The zero-order valence-electron chi connectivity index (χ0n) is 11.4. The third-order valence-electron chi connectivity index (χ3n) is 4.12. The molecule has 2 atom stereocenters. The summed E-state index contributed by atoms with van der Waals surface area (Å²) in [6, 6.07) is 4.10. The van der Waals surface area contributed by atoms with Crippen molar-refractivity contribution in [3.8, 4) is 0 Å². The third kappa shape index (κ3) is 3.31. The third-order valence-corrected chi connectivity index (χ3v) is 4.12. The Bertz CT molecular complexity index is 423. The SMILES string of the molecule is CCC1CCCN(C(CN)c2ccc(F)c(F)c2)C1. The lowest BCUT2D eigenvalue weighted by atomic mass is 9.93. The number of likely N-dealkylation sites (tertiary alicyclic amines) is 1. The van der Waals surface area contributed by atoms with Crippen molar-refractivity contribution in [2.24, 2.45) is 11.7 Å². The van der Waals surface area contributed by atoms with Gasteiger partial charge in [-0.05, 0) is 43.0 Å². The fourth-order valence-electron chi connectivity index (χ4n) is 2.93. The summed E-state index contributed by atoms with van der Waals surface area (Å²) in [5.41, 5.74) is 6.63. The summed E-state index contributed by atoms with van der Waals surface area (Å²) >= 11 is 0. The quantitative estimate of drug-likeness (QED) is 0.909. The van der Waals surface area contributed by atoms with Crippen LogP contribution in [0.15, 0.2) is 18.2 Å². The Morgan fingerprint density at radius 1 is 1.37 bits per heavy atom. The number of hydrogen-bond acceptors (Lipinski definition) is 2. The summed E-state index contributed by atoms with van der Waals surface area (Å²) in [4.78, 5) is 2.31. The van der Waals surface area contributed by atoms with Crippen LogP contribution in [0.4, 0.5) is 8.78 Å². The van der Waals surface area contributed by atoms with Gasteiger partial charge in [-0.1, -0.05) is 19.4 Å². The van der Waals surface area contributed by atoms with Crippen LogP contribution in [0.3, 0.4) is 0 Å². The average molecular weight is 268 g/mol. The first-order valence-corrected chi connectivity index (χ1v) is 7.04. The van der Waals surface area contributed by atoms with E-state index in [9.17, 15) is 8.78 Å². The highest BCUT2D eigenvalue weighted by atomic mass is 19.2. The molecule has 0 saturated carbocycles. The van der Waals surface area contributed by atoms with Crippen LogP contribution in [0, 0.1) is 17.6 Å². The van der Waals surface area contributed by atoms with Crippen LogP contribution in [-0.2, 0) is 0 Å². The van der Waals surface area contributed by atoms with Crippen LogP contribution in [-0.4, -0.2) is 24.5 Å². The molecule has 1 aromatic rings. The minimum Gasteiger partial charge on any atom is -0.329 e. The smallest absolute Gasteiger partial charge is 0.159 e. The topological polar surface area (TPSA) is 29.3 Å². The predicted molar refractivity (Wildman–Crippen MR) is 72.7 cm³/mol. The minimum atomic E-state index is -0.801. The number of nitrogens with two attached hydrogens (primary N) is 1. The van der Waals surface area contributed by atoms with Crippen LogP contribution >= 0.6 is 0 Å². The second-order valence-corrected chi connectivity index (χ2v) is 5.34. The number of hydrogen-bond donors (Lipinski definition) is 1. The van der Waals surface area contributed by atoms with Crippen LogP contribution in [0.1, 0.15) is 37.8 Å². The number of halogens is 2. The highest BCUT2D eigenvalue weighted by molar-refractivity contribution is 5.22. The maximum Gasteiger partial charge on any atom is 0.159 e. The van der Waals surface area contributed by atoms with Crippen molar-refractivity contribution >= 4 is 0 Å². The highest BCUT2D eigenvalue weighted by Gasteiger charge is 2.25. The molecule has 1 aliphatic heterocycles. The fraction of sp³-hybridized carbons (Fsp3) is 0.600. The van der Waals surface area contributed by atoms with Crippen molar-refractivity contribution in [1.82, 2.24) is 4.90 Å². The fourth-order valence-corrected chi connectivity index (χ4v) is 2.93. The van der Waals surface area contributed by atoms with Crippen LogP contribution in [0.2, 0.25) is 0 Å². The van der Waals surface area contributed by atoms with E-state index in [-0.39, 0.29) is 6.04 Å². The zero-order valence-corrected chi connectivity index (χ0v) is 11.4. The number of benzene rings is 1. The molecule has 0 aromatic heterocycles. The normalized spacial score (nSPS) is 22.4. The van der Waals surface area contributed by atoms with Gasteiger partial charge in [-0.2, -0.15) is 0 Å². The Balaban J connectivity index is 2.16. The van der Waals surface area contributed by atoms with E-state index in [1.54, 1.807) is 6.07 Å². The summed E-state index contributed by atoms with van der Waals surface area (Å²) in [5.74, 6) is -0.905. The molecule has 1 fully saturated rings. The summed E-state index contributed by atoms with van der Waals surface area (Å²) in [6.45, 7) is 4.61. The van der Waals surface area contributed by atoms with Gasteiger partial charge < -0.3 is 5.73 Å². The van der Waals surface area contributed by atoms with Gasteiger partial charge in [-0.3, -0.25) is 4.90 Å². The molecule has 2 rings (SSSR count). The molecule has 2 nitrogen and oxygen atoms in total. The lowest BCUT2D eigenvalue weighted by Crippen LogP contribution is -2.41. The molecular formula is C15H22F2N2. The maximum absolute atomic E-state index is 13.4. The monoisotopic (exact) mass is 268 g/mol. The molecule has 4 heteroatoms. The van der Waals surface area contributed by atoms with Gasteiger partial charge in [0, 0.05) is 19.1 Å².